The third kappa shape index (κ3) is 2.69. The first kappa shape index (κ1) is 15.8. The number of nitrogens with zero attached hydrogens (tertiary/aromatic N) is 2. The number of benzene rings is 2. The molecule has 122 valence electrons. The average molecular weight is 342 g/mol. The molecule has 2 aromatic carbocycles. The van der Waals surface area contributed by atoms with Crippen LogP contribution in [0.1, 0.15) is 11.1 Å². The van der Waals surface area contributed by atoms with Gasteiger partial charge < -0.3 is 0 Å². The summed E-state index contributed by atoms with van der Waals surface area (Å²) in [4.78, 5) is 0. The predicted octanol–water partition coefficient (Wildman–Crippen LogP) is 4.09. The molecule has 0 bridgehead atoms. The Morgan fingerprint density at radius 1 is 0.960 bits per heavy atom. The van der Waals surface area contributed by atoms with Crippen LogP contribution in [0.2, 0.25) is 19.6 Å². The van der Waals surface area contributed by atoms with Crippen LogP contribution in [-0.2, 0) is 6.54 Å². The molecule has 0 fully saturated rings. The molecule has 1 aliphatic heterocycles. The molecule has 4 rings (SSSR count). The molecule has 3 aromatic rings. The van der Waals surface area contributed by atoms with Gasteiger partial charge in [-0.05, 0) is 29.8 Å². The van der Waals surface area contributed by atoms with Gasteiger partial charge >= 0.3 is 0 Å². The fourth-order valence-electron chi connectivity index (χ4n) is 3.53. The van der Waals surface area contributed by atoms with E-state index in [1.807, 2.05) is 12.1 Å². The maximum Gasteiger partial charge on any atom is 0.221 e. The second-order valence-corrected chi connectivity index (χ2v) is 12.8. The zero-order chi connectivity index (χ0) is 17.6. The van der Waals surface area contributed by atoms with Crippen molar-refractivity contribution < 1.29 is 4.57 Å². The van der Waals surface area contributed by atoms with Crippen molar-refractivity contribution in [3.63, 3.8) is 0 Å². The van der Waals surface area contributed by atoms with Gasteiger partial charge in [0.25, 0.3) is 0 Å². The van der Waals surface area contributed by atoms with Gasteiger partial charge in [-0.1, -0.05) is 50.0 Å². The molecule has 0 saturated carbocycles. The highest BCUT2D eigenvalue weighted by Crippen LogP contribution is 2.35. The van der Waals surface area contributed by atoms with Gasteiger partial charge in [-0.3, -0.25) is 0 Å². The molecule has 2 heterocycles. The minimum absolute atomic E-state index is 0.735. The van der Waals surface area contributed by atoms with Crippen LogP contribution in [0.3, 0.4) is 0 Å². The van der Waals surface area contributed by atoms with E-state index in [1.165, 1.54) is 33.1 Å². The van der Waals surface area contributed by atoms with Crippen molar-refractivity contribution in [1.82, 2.24) is 0 Å². The first-order valence-electron chi connectivity index (χ1n) is 8.64. The van der Waals surface area contributed by atoms with Crippen LogP contribution >= 0.6 is 0 Å². The Bertz CT molecular complexity index is 1010. The molecule has 0 spiro atoms. The van der Waals surface area contributed by atoms with E-state index in [0.29, 0.717) is 0 Å². The molecule has 3 heteroatoms. The Balaban J connectivity index is 2.00. The summed E-state index contributed by atoms with van der Waals surface area (Å²) < 4.78 is 2.38. The maximum atomic E-state index is 9.22. The zero-order valence-electron chi connectivity index (χ0n) is 14.9. The summed E-state index contributed by atoms with van der Waals surface area (Å²) in [5.74, 6) is 0. The van der Waals surface area contributed by atoms with Gasteiger partial charge in [0.05, 0.1) is 30.8 Å². The van der Waals surface area contributed by atoms with Crippen molar-refractivity contribution in [3.05, 3.63) is 71.9 Å². The van der Waals surface area contributed by atoms with E-state index in [1.54, 1.807) is 0 Å². The van der Waals surface area contributed by atoms with Crippen molar-refractivity contribution in [2.24, 2.45) is 0 Å². The summed E-state index contributed by atoms with van der Waals surface area (Å²) in [6.45, 7) is 8.01. The molecule has 1 aromatic heterocycles. The standard InChI is InChI=1S/C22H21N2Si/c1-25(2,3)19-12-21(17-7-5-4-6-8-17)22-20-10-9-16(13-23)11-18(20)14-24(22)15-19/h4-12,15H,14H2,1-3H3/q+1. The average Bonchev–Trinajstić information content (AvgIpc) is 2.98. The van der Waals surface area contributed by atoms with Gasteiger partial charge in [0, 0.05) is 10.8 Å². The second-order valence-electron chi connectivity index (χ2n) is 7.72. The number of rotatable bonds is 2. The van der Waals surface area contributed by atoms with E-state index in [9.17, 15) is 5.26 Å². The molecule has 1 aliphatic rings. The second kappa shape index (κ2) is 5.68. The van der Waals surface area contributed by atoms with Gasteiger partial charge in [0.15, 0.2) is 12.7 Å². The summed E-state index contributed by atoms with van der Waals surface area (Å²) in [7, 11) is -1.43. The Kier molecular flexibility index (Phi) is 3.59. The van der Waals surface area contributed by atoms with Crippen LogP contribution in [0.5, 0.6) is 0 Å². The number of fused-ring (bicyclic) bond motifs is 3. The fraction of sp³-hybridized carbons (Fsp3) is 0.182. The van der Waals surface area contributed by atoms with Gasteiger partial charge in [0.2, 0.25) is 5.69 Å². The number of hydrogen-bond donors (Lipinski definition) is 0. The highest BCUT2D eigenvalue weighted by molar-refractivity contribution is 6.88. The molecule has 0 amide bonds. The quantitative estimate of drug-likeness (QED) is 0.399. The van der Waals surface area contributed by atoms with E-state index in [2.05, 4.69) is 78.9 Å². The first-order chi connectivity index (χ1) is 12.0. The van der Waals surface area contributed by atoms with Crippen LogP contribution < -0.4 is 9.75 Å². The molecule has 0 radical (unpaired) electrons. The van der Waals surface area contributed by atoms with Crippen LogP contribution in [0.25, 0.3) is 22.4 Å². The Hall–Kier alpha value is -2.70. The monoisotopic (exact) mass is 341 g/mol. The lowest BCUT2D eigenvalue weighted by atomic mass is 9.98. The number of aromatic nitrogens is 1. The third-order valence-electron chi connectivity index (χ3n) is 4.92. The smallest absolute Gasteiger partial charge is 0.193 e. The molecule has 0 unspecified atom stereocenters. The number of nitriles is 1. The van der Waals surface area contributed by atoms with Crippen LogP contribution in [0.4, 0.5) is 0 Å². The zero-order valence-corrected chi connectivity index (χ0v) is 15.9. The molecule has 0 N–H and O–H groups in total. The van der Waals surface area contributed by atoms with E-state index in [4.69, 9.17) is 0 Å². The normalized spacial score (nSPS) is 12.4. The molecule has 2 nitrogen and oxygen atoms in total. The molecular weight excluding hydrogens is 320 g/mol. The minimum Gasteiger partial charge on any atom is -0.193 e. The Labute approximate surface area is 150 Å². The Morgan fingerprint density at radius 2 is 1.72 bits per heavy atom. The van der Waals surface area contributed by atoms with Crippen molar-refractivity contribution in [2.45, 2.75) is 26.2 Å². The summed E-state index contributed by atoms with van der Waals surface area (Å²) in [5, 5.41) is 10.7. The Morgan fingerprint density at radius 3 is 2.40 bits per heavy atom. The van der Waals surface area contributed by atoms with Gasteiger partial charge in [-0.25, -0.2) is 0 Å². The lowest BCUT2D eigenvalue weighted by molar-refractivity contribution is -0.670. The lowest BCUT2D eigenvalue weighted by Gasteiger charge is -2.17. The summed E-state index contributed by atoms with van der Waals surface area (Å²) >= 11 is 0. The van der Waals surface area contributed by atoms with Crippen molar-refractivity contribution in [3.8, 4) is 28.5 Å². The minimum atomic E-state index is -1.43. The van der Waals surface area contributed by atoms with Crippen LogP contribution in [0.15, 0.2) is 60.8 Å². The first-order valence-corrected chi connectivity index (χ1v) is 12.1. The maximum absolute atomic E-state index is 9.22. The molecule has 25 heavy (non-hydrogen) atoms. The highest BCUT2D eigenvalue weighted by atomic mass is 28.3. The summed E-state index contributed by atoms with van der Waals surface area (Å²) in [6, 6.07) is 21.3. The van der Waals surface area contributed by atoms with E-state index in [-0.39, 0.29) is 0 Å². The highest BCUT2D eigenvalue weighted by Gasteiger charge is 2.33. The van der Waals surface area contributed by atoms with Gasteiger partial charge in [0.1, 0.15) is 0 Å². The van der Waals surface area contributed by atoms with Crippen LogP contribution in [-0.4, -0.2) is 8.07 Å². The molecular formula is C22H21N2Si+. The molecule has 0 saturated heterocycles. The third-order valence-corrected chi connectivity index (χ3v) is 6.92. The van der Waals surface area contributed by atoms with Crippen molar-refractivity contribution in [1.29, 1.82) is 5.26 Å². The predicted molar refractivity (Wildman–Crippen MR) is 104 cm³/mol. The van der Waals surface area contributed by atoms with E-state index >= 15 is 0 Å². The summed E-state index contributed by atoms with van der Waals surface area (Å²) in [6.07, 6.45) is 2.33. The van der Waals surface area contributed by atoms with E-state index < -0.39 is 8.07 Å². The van der Waals surface area contributed by atoms with Crippen molar-refractivity contribution in [2.75, 3.05) is 0 Å². The van der Waals surface area contributed by atoms with Gasteiger partial charge in [-0.2, -0.15) is 9.83 Å². The summed E-state index contributed by atoms with van der Waals surface area (Å²) in [5.41, 5.74) is 7.04. The fourth-order valence-corrected chi connectivity index (χ4v) is 4.65. The largest absolute Gasteiger partial charge is 0.221 e. The van der Waals surface area contributed by atoms with Gasteiger partial charge in [-0.15, -0.1) is 0 Å². The SMILES string of the molecule is C[Si](C)(C)c1cc(-c2ccccc2)c2[n+](c1)Cc1cc(C#N)ccc1-2. The van der Waals surface area contributed by atoms with Crippen LogP contribution in [0, 0.1) is 11.3 Å². The number of hydrogen-bond acceptors (Lipinski definition) is 1. The lowest BCUT2D eigenvalue weighted by Crippen LogP contribution is -2.45. The number of pyridine rings is 1. The molecule has 0 aliphatic carbocycles. The topological polar surface area (TPSA) is 27.7 Å². The van der Waals surface area contributed by atoms with Crippen molar-refractivity contribution >= 4 is 13.3 Å². The molecule has 0 atom stereocenters. The van der Waals surface area contributed by atoms with E-state index in [0.717, 1.165) is 12.1 Å².